The zero-order valence-electron chi connectivity index (χ0n) is 31.0. The number of unbranched alkanes of at least 4 members (excludes halogenated alkanes) is 8. The minimum atomic E-state index is -1.21. The molecule has 0 radical (unpaired) electrons. The smallest absolute Gasteiger partial charge is 0.390 e. The van der Waals surface area contributed by atoms with Gasteiger partial charge in [-0.2, -0.15) is 0 Å². The van der Waals surface area contributed by atoms with Gasteiger partial charge in [-0.15, -0.1) is 0 Å². The van der Waals surface area contributed by atoms with Gasteiger partial charge in [0.05, 0.1) is 10.8 Å². The van der Waals surface area contributed by atoms with Gasteiger partial charge in [0, 0.05) is 24.0 Å². The molecule has 0 aromatic heterocycles. The lowest BCUT2D eigenvalue weighted by atomic mass is 9.97. The first-order chi connectivity index (χ1) is 23.5. The highest BCUT2D eigenvalue weighted by atomic mass is 17.2. The second kappa shape index (κ2) is 19.7. The van der Waals surface area contributed by atoms with Gasteiger partial charge in [0.2, 0.25) is 0 Å². The van der Waals surface area contributed by atoms with Crippen LogP contribution in [0.2, 0.25) is 0 Å². The number of rotatable bonds is 18. The van der Waals surface area contributed by atoms with Crippen molar-refractivity contribution in [3.05, 3.63) is 58.7 Å². The maximum absolute atomic E-state index is 13.4. The van der Waals surface area contributed by atoms with Gasteiger partial charge in [0.15, 0.2) is 11.6 Å². The van der Waals surface area contributed by atoms with Gasteiger partial charge in [0.25, 0.3) is 0 Å². The number of esters is 2. The number of carbonyl (C=O) groups is 6. The molecule has 0 aliphatic rings. The Bertz CT molecular complexity index is 1390. The van der Waals surface area contributed by atoms with Crippen molar-refractivity contribution in [3.63, 3.8) is 0 Å². The summed E-state index contributed by atoms with van der Waals surface area (Å²) in [6, 6.07) is 8.06. The minimum absolute atomic E-state index is 0.184. The third-order valence-corrected chi connectivity index (χ3v) is 7.88. The molecule has 0 aliphatic heterocycles. The second-order valence-electron chi connectivity index (χ2n) is 14.6. The van der Waals surface area contributed by atoms with Crippen molar-refractivity contribution in [1.82, 2.24) is 0 Å². The summed E-state index contributed by atoms with van der Waals surface area (Å²) >= 11 is 0. The molecule has 0 unspecified atom stereocenters. The summed E-state index contributed by atoms with van der Waals surface area (Å²) in [5, 5.41) is 0. The van der Waals surface area contributed by atoms with Gasteiger partial charge in [-0.05, 0) is 90.8 Å². The van der Waals surface area contributed by atoms with Gasteiger partial charge >= 0.3 is 23.9 Å². The van der Waals surface area contributed by atoms with Crippen molar-refractivity contribution in [2.45, 2.75) is 132 Å². The van der Waals surface area contributed by atoms with Crippen LogP contribution in [0.15, 0.2) is 36.4 Å². The molecule has 0 atom stereocenters. The molecule has 2 aromatic rings. The highest BCUT2D eigenvalue weighted by Crippen LogP contribution is 2.29. The number of ketones is 2. The molecule has 10 heteroatoms. The summed E-state index contributed by atoms with van der Waals surface area (Å²) in [5.74, 6) is -4.49. The normalized spacial score (nSPS) is 11.4. The molecule has 274 valence electrons. The summed E-state index contributed by atoms with van der Waals surface area (Å²) in [5.41, 5.74) is -2.05. The van der Waals surface area contributed by atoms with Gasteiger partial charge < -0.3 is 9.47 Å². The van der Waals surface area contributed by atoms with E-state index >= 15 is 0 Å². The summed E-state index contributed by atoms with van der Waals surface area (Å²) in [4.78, 5) is 87.9. The molecule has 0 N–H and O–H groups in total. The highest BCUT2D eigenvalue weighted by molar-refractivity contribution is 6.02. The largest absolute Gasteiger partial charge is 0.425 e. The van der Waals surface area contributed by atoms with E-state index in [1.54, 1.807) is 41.5 Å². The molecule has 2 aromatic carbocycles. The predicted molar refractivity (Wildman–Crippen MR) is 189 cm³/mol. The first-order valence-electron chi connectivity index (χ1n) is 17.7. The fraction of sp³-hybridized carbons (Fsp3) is 0.550. The van der Waals surface area contributed by atoms with Crippen molar-refractivity contribution in [3.8, 4) is 11.5 Å². The van der Waals surface area contributed by atoms with Gasteiger partial charge in [-0.3, -0.25) is 19.2 Å². The summed E-state index contributed by atoms with van der Waals surface area (Å²) in [6.45, 7) is 14.0. The first kappa shape index (κ1) is 41.8. The number of carbonyl (C=O) groups excluding carboxylic acids is 6. The average molecular weight is 695 g/mol. The average Bonchev–Trinajstić information content (AvgIpc) is 3.06. The van der Waals surface area contributed by atoms with Crippen LogP contribution in [0.5, 0.6) is 11.5 Å². The highest BCUT2D eigenvalue weighted by Gasteiger charge is 2.30. The van der Waals surface area contributed by atoms with E-state index in [0.29, 0.717) is 12.8 Å². The molecule has 0 saturated heterocycles. The van der Waals surface area contributed by atoms with E-state index in [0.717, 1.165) is 51.4 Å². The molecule has 0 saturated carbocycles. The van der Waals surface area contributed by atoms with Crippen LogP contribution in [-0.2, 0) is 19.4 Å². The Labute approximate surface area is 296 Å². The number of hydrogen-bond donors (Lipinski definition) is 0. The summed E-state index contributed by atoms with van der Waals surface area (Å²) < 4.78 is 11.0. The van der Waals surface area contributed by atoms with Crippen LogP contribution in [0, 0.1) is 10.8 Å². The molecule has 2 rings (SSSR count). The van der Waals surface area contributed by atoms with Crippen molar-refractivity contribution in [2.75, 3.05) is 0 Å². The lowest BCUT2D eigenvalue weighted by Crippen LogP contribution is -2.27. The Morgan fingerprint density at radius 2 is 0.840 bits per heavy atom. The van der Waals surface area contributed by atoms with E-state index < -0.39 is 34.7 Å². The monoisotopic (exact) mass is 694 g/mol. The Kier molecular flexibility index (Phi) is 16.5. The quantitative estimate of drug-likeness (QED) is 0.0370. The van der Waals surface area contributed by atoms with E-state index in [1.807, 2.05) is 0 Å². The Hall–Kier alpha value is -4.34. The topological polar surface area (TPSA) is 139 Å². The fourth-order valence-corrected chi connectivity index (χ4v) is 4.64. The minimum Gasteiger partial charge on any atom is -0.425 e. The molecule has 0 fully saturated rings. The number of benzene rings is 2. The fourth-order valence-electron chi connectivity index (χ4n) is 4.64. The van der Waals surface area contributed by atoms with Gasteiger partial charge in [-0.1, -0.05) is 65.2 Å². The Morgan fingerprint density at radius 3 is 1.16 bits per heavy atom. The molecule has 0 aliphatic carbocycles. The summed E-state index contributed by atoms with van der Waals surface area (Å²) in [7, 11) is 0. The number of hydrogen-bond acceptors (Lipinski definition) is 10. The zero-order chi connectivity index (χ0) is 37.5. The van der Waals surface area contributed by atoms with Crippen LogP contribution in [0.25, 0.3) is 0 Å². The van der Waals surface area contributed by atoms with Gasteiger partial charge in [0.1, 0.15) is 22.6 Å². The van der Waals surface area contributed by atoms with Crippen LogP contribution in [-0.4, -0.2) is 35.4 Å². The third kappa shape index (κ3) is 13.5. The van der Waals surface area contributed by atoms with Crippen molar-refractivity contribution >= 4 is 35.4 Å². The molecule has 0 heterocycles. The number of Topliss-reactive ketones (excluding diaryl/α,β-unsaturated/α-hetero) is 2. The first-order valence-corrected chi connectivity index (χ1v) is 17.7. The predicted octanol–water partition coefficient (Wildman–Crippen LogP) is 9.60. The van der Waals surface area contributed by atoms with Crippen LogP contribution in [0.3, 0.4) is 0 Å². The third-order valence-electron chi connectivity index (χ3n) is 7.88. The van der Waals surface area contributed by atoms with E-state index in [-0.39, 0.29) is 58.2 Å². The molecular formula is C40H54O10. The van der Waals surface area contributed by atoms with Crippen molar-refractivity contribution < 1.29 is 48.0 Å². The standard InChI is InChI=1S/C40H54O10/c1-9-11-13-15-17-19-31(41)27-21-23-33(47-37(45)39(3,4)5)29(25-27)35(43)49-50-36(44)30-26-28(32(42)20-18-16-14-12-10-2)22-24-34(30)48-38(46)40(6,7)8/h21-26H,9-20H2,1-8H3. The molecule has 50 heavy (non-hydrogen) atoms. The Balaban J connectivity index is 2.36. The second-order valence-corrected chi connectivity index (χ2v) is 14.6. The van der Waals surface area contributed by atoms with Crippen LogP contribution in [0.1, 0.15) is 174 Å². The van der Waals surface area contributed by atoms with E-state index in [2.05, 4.69) is 13.8 Å². The van der Waals surface area contributed by atoms with E-state index in [4.69, 9.17) is 19.2 Å². The lowest BCUT2D eigenvalue weighted by Gasteiger charge is -2.18. The maximum atomic E-state index is 13.4. The Morgan fingerprint density at radius 1 is 0.500 bits per heavy atom. The molecule has 0 amide bonds. The maximum Gasteiger partial charge on any atom is 0.390 e. The van der Waals surface area contributed by atoms with Gasteiger partial charge in [-0.25, -0.2) is 19.4 Å². The molecular weight excluding hydrogens is 640 g/mol. The molecule has 0 spiro atoms. The summed E-state index contributed by atoms with van der Waals surface area (Å²) in [6.07, 6.45) is 10.0. The van der Waals surface area contributed by atoms with Crippen molar-refractivity contribution in [1.29, 1.82) is 0 Å². The van der Waals surface area contributed by atoms with Crippen molar-refractivity contribution in [2.24, 2.45) is 10.8 Å². The molecule has 0 bridgehead atoms. The SMILES string of the molecule is CCCCCCCC(=O)c1ccc(OC(=O)C(C)(C)C)c(C(=O)OOC(=O)c2cc(C(=O)CCCCCCC)ccc2OC(=O)C(C)(C)C)c1. The lowest BCUT2D eigenvalue weighted by molar-refractivity contribution is -0.187. The zero-order valence-corrected chi connectivity index (χ0v) is 31.0. The molecule has 10 nitrogen and oxygen atoms in total. The van der Waals surface area contributed by atoms with E-state index in [1.165, 1.54) is 36.4 Å². The van der Waals surface area contributed by atoms with Crippen LogP contribution < -0.4 is 9.47 Å². The van der Waals surface area contributed by atoms with E-state index in [9.17, 15) is 28.8 Å². The van der Waals surface area contributed by atoms with Crippen LogP contribution >= 0.6 is 0 Å². The van der Waals surface area contributed by atoms with Crippen LogP contribution in [0.4, 0.5) is 0 Å². The number of ether oxygens (including phenoxy) is 2.